The zero-order valence-electron chi connectivity index (χ0n) is 11.8. The molecule has 0 unspecified atom stereocenters. The summed E-state index contributed by atoms with van der Waals surface area (Å²) in [6, 6.07) is 0. The van der Waals surface area contributed by atoms with Crippen LogP contribution >= 0.6 is 0 Å². The second-order valence-electron chi connectivity index (χ2n) is 4.79. The number of carbonyl (C=O) groups excluding carboxylic acids is 2. The first-order valence-electron chi connectivity index (χ1n) is 7.07. The molecule has 0 spiro atoms. The van der Waals surface area contributed by atoms with Gasteiger partial charge in [0.1, 0.15) is 6.10 Å². The predicted octanol–water partition coefficient (Wildman–Crippen LogP) is 2.62. The van der Waals surface area contributed by atoms with E-state index in [1.54, 1.807) is 6.92 Å². The maximum Gasteiger partial charge on any atom is 0.364 e. The first kappa shape index (κ1) is 15.7. The lowest BCUT2D eigenvalue weighted by molar-refractivity contribution is -0.136. The highest BCUT2D eigenvalue weighted by Crippen LogP contribution is 2.19. The highest BCUT2D eigenvalue weighted by molar-refractivity contribution is 6.63. The van der Waals surface area contributed by atoms with Crippen molar-refractivity contribution in [1.82, 2.24) is 0 Å². The number of nitrogens with zero attached hydrogens (tertiary/aromatic N) is 1. The van der Waals surface area contributed by atoms with E-state index in [4.69, 9.17) is 9.57 Å². The van der Waals surface area contributed by atoms with Gasteiger partial charge in [0.25, 0.3) is 0 Å². The number of hydrogen-bond acceptors (Lipinski definition) is 5. The van der Waals surface area contributed by atoms with E-state index >= 15 is 0 Å². The van der Waals surface area contributed by atoms with Crippen molar-refractivity contribution in [2.45, 2.75) is 64.9 Å². The highest BCUT2D eigenvalue weighted by Gasteiger charge is 2.20. The van der Waals surface area contributed by atoms with Gasteiger partial charge in [-0.15, -0.1) is 0 Å². The fourth-order valence-electron chi connectivity index (χ4n) is 2.10. The van der Waals surface area contributed by atoms with Gasteiger partial charge >= 0.3 is 5.97 Å². The summed E-state index contributed by atoms with van der Waals surface area (Å²) in [5.41, 5.74) is -0.246. The van der Waals surface area contributed by atoms with Gasteiger partial charge in [0.2, 0.25) is 5.71 Å². The third kappa shape index (κ3) is 5.85. The third-order valence-electron chi connectivity index (χ3n) is 3.15. The minimum atomic E-state index is -0.708. The Morgan fingerprint density at radius 3 is 2.21 bits per heavy atom. The summed E-state index contributed by atoms with van der Waals surface area (Å²) < 4.78 is 4.78. The van der Waals surface area contributed by atoms with Crippen molar-refractivity contribution < 1.29 is 19.2 Å². The summed E-state index contributed by atoms with van der Waals surface area (Å²) >= 11 is 0. The van der Waals surface area contributed by atoms with Crippen molar-refractivity contribution in [3.63, 3.8) is 0 Å². The number of esters is 1. The summed E-state index contributed by atoms with van der Waals surface area (Å²) in [6.45, 7) is 3.19. The largest absolute Gasteiger partial charge is 0.461 e. The minimum Gasteiger partial charge on any atom is -0.461 e. The van der Waals surface area contributed by atoms with Crippen molar-refractivity contribution in [2.24, 2.45) is 5.16 Å². The first-order chi connectivity index (χ1) is 9.15. The van der Waals surface area contributed by atoms with Crippen LogP contribution < -0.4 is 0 Å². The number of rotatable bonds is 5. The molecule has 108 valence electrons. The van der Waals surface area contributed by atoms with Gasteiger partial charge in [0.05, 0.1) is 6.61 Å². The number of hydrogen-bond donors (Lipinski definition) is 0. The summed E-state index contributed by atoms with van der Waals surface area (Å²) in [6.07, 6.45) is 7.77. The molecule has 0 atom stereocenters. The van der Waals surface area contributed by atoms with Gasteiger partial charge in [-0.25, -0.2) is 4.79 Å². The van der Waals surface area contributed by atoms with Crippen molar-refractivity contribution >= 4 is 17.5 Å². The molecular weight excluding hydrogens is 246 g/mol. The number of carbonyl (C=O) groups is 2. The Hall–Kier alpha value is -1.39. The van der Waals surface area contributed by atoms with E-state index in [-0.39, 0.29) is 18.4 Å². The van der Waals surface area contributed by atoms with Crippen LogP contribution in [0.1, 0.15) is 58.8 Å². The molecule has 1 aliphatic carbocycles. The average Bonchev–Trinajstić information content (AvgIpc) is 2.31. The Labute approximate surface area is 114 Å². The smallest absolute Gasteiger partial charge is 0.364 e. The fourth-order valence-corrected chi connectivity index (χ4v) is 2.10. The van der Waals surface area contributed by atoms with E-state index in [2.05, 4.69) is 5.16 Å². The molecule has 19 heavy (non-hydrogen) atoms. The summed E-state index contributed by atoms with van der Waals surface area (Å²) in [4.78, 5) is 28.2. The Bertz CT molecular complexity index is 330. The van der Waals surface area contributed by atoms with Crippen LogP contribution in [0.25, 0.3) is 0 Å². The van der Waals surface area contributed by atoms with Crippen LogP contribution in [-0.4, -0.2) is 30.2 Å². The third-order valence-corrected chi connectivity index (χ3v) is 3.15. The second-order valence-corrected chi connectivity index (χ2v) is 4.79. The number of oxime groups is 1. The lowest BCUT2D eigenvalue weighted by Gasteiger charge is -2.17. The van der Waals surface area contributed by atoms with Crippen LogP contribution in [0, 0.1) is 0 Å². The van der Waals surface area contributed by atoms with Crippen molar-refractivity contribution in [3.05, 3.63) is 0 Å². The molecule has 0 aromatic carbocycles. The van der Waals surface area contributed by atoms with E-state index in [1.807, 2.05) is 0 Å². The van der Waals surface area contributed by atoms with Gasteiger partial charge in [-0.05, 0) is 32.6 Å². The quantitative estimate of drug-likeness (QED) is 0.333. The molecular formula is C14H23NO4. The van der Waals surface area contributed by atoms with E-state index in [0.29, 0.717) is 0 Å². The van der Waals surface area contributed by atoms with Crippen LogP contribution in [0.2, 0.25) is 0 Å². The molecule has 5 nitrogen and oxygen atoms in total. The van der Waals surface area contributed by atoms with Crippen molar-refractivity contribution in [2.75, 3.05) is 6.61 Å². The highest BCUT2D eigenvalue weighted by atomic mass is 16.6. The molecule has 0 heterocycles. The van der Waals surface area contributed by atoms with E-state index in [0.717, 1.165) is 25.7 Å². The maximum absolute atomic E-state index is 11.5. The van der Waals surface area contributed by atoms with E-state index < -0.39 is 11.8 Å². The molecule has 0 amide bonds. The zero-order chi connectivity index (χ0) is 14.1. The molecule has 0 aliphatic heterocycles. The fraction of sp³-hybridized carbons (Fsp3) is 0.786. The zero-order valence-corrected chi connectivity index (χ0v) is 11.8. The lowest BCUT2D eigenvalue weighted by Crippen LogP contribution is -2.26. The van der Waals surface area contributed by atoms with Gasteiger partial charge < -0.3 is 9.57 Å². The van der Waals surface area contributed by atoms with E-state index in [1.165, 1.54) is 26.2 Å². The Morgan fingerprint density at radius 1 is 1.11 bits per heavy atom. The Kier molecular flexibility index (Phi) is 7.15. The summed E-state index contributed by atoms with van der Waals surface area (Å²) in [5, 5.41) is 3.73. The van der Waals surface area contributed by atoms with E-state index in [9.17, 15) is 9.59 Å². The molecule has 0 saturated heterocycles. The average molecular weight is 269 g/mol. The van der Waals surface area contributed by atoms with Crippen LogP contribution in [-0.2, 0) is 19.2 Å². The molecule has 0 bridgehead atoms. The standard InChI is InChI=1S/C14H23NO4/c1-3-18-14(17)13(11(2)16)15-19-12-9-7-5-4-6-8-10-12/h12H,3-10H2,1-2H3. The SMILES string of the molecule is CCOC(=O)C(=NOC1CCCCCCC1)C(C)=O. The van der Waals surface area contributed by atoms with Gasteiger partial charge in [0, 0.05) is 6.92 Å². The molecule has 1 aliphatic rings. The van der Waals surface area contributed by atoms with Crippen LogP contribution in [0.5, 0.6) is 0 Å². The number of ether oxygens (including phenoxy) is 1. The monoisotopic (exact) mass is 269 g/mol. The maximum atomic E-state index is 11.5. The predicted molar refractivity (Wildman–Crippen MR) is 71.9 cm³/mol. The van der Waals surface area contributed by atoms with Gasteiger partial charge in [-0.3, -0.25) is 4.79 Å². The molecule has 0 aromatic heterocycles. The minimum absolute atomic E-state index is 0.00377. The van der Waals surface area contributed by atoms with Crippen LogP contribution in [0.4, 0.5) is 0 Å². The first-order valence-corrected chi connectivity index (χ1v) is 7.07. The molecule has 5 heteroatoms. The van der Waals surface area contributed by atoms with Gasteiger partial charge in [-0.1, -0.05) is 24.4 Å². The molecule has 0 N–H and O–H groups in total. The molecule has 1 fully saturated rings. The second kappa shape index (κ2) is 8.67. The lowest BCUT2D eigenvalue weighted by atomic mass is 9.99. The number of ketones is 1. The molecule has 1 saturated carbocycles. The molecule has 0 radical (unpaired) electrons. The normalized spacial score (nSPS) is 18.3. The van der Waals surface area contributed by atoms with Crippen LogP contribution in [0.3, 0.4) is 0 Å². The van der Waals surface area contributed by atoms with Gasteiger partial charge in [0.15, 0.2) is 5.78 Å². The Balaban J connectivity index is 2.57. The summed E-state index contributed by atoms with van der Waals surface area (Å²) in [5.74, 6) is -1.13. The topological polar surface area (TPSA) is 65.0 Å². The molecule has 0 aromatic rings. The van der Waals surface area contributed by atoms with Crippen LogP contribution in [0.15, 0.2) is 5.16 Å². The van der Waals surface area contributed by atoms with Gasteiger partial charge in [-0.2, -0.15) is 0 Å². The number of Topliss-reactive ketones (excluding diaryl/α,β-unsaturated/α-hetero) is 1. The van der Waals surface area contributed by atoms with Crippen molar-refractivity contribution in [1.29, 1.82) is 0 Å². The summed E-state index contributed by atoms with van der Waals surface area (Å²) in [7, 11) is 0. The Morgan fingerprint density at radius 2 is 1.68 bits per heavy atom. The van der Waals surface area contributed by atoms with Crippen molar-refractivity contribution in [3.8, 4) is 0 Å². The molecule has 1 rings (SSSR count).